The van der Waals surface area contributed by atoms with E-state index in [0.717, 1.165) is 16.9 Å². The number of amides is 1. The van der Waals surface area contributed by atoms with Crippen LogP contribution in [-0.2, 0) is 0 Å². The van der Waals surface area contributed by atoms with E-state index in [1.54, 1.807) is 0 Å². The molecule has 7 heteroatoms. The van der Waals surface area contributed by atoms with Crippen molar-refractivity contribution in [2.24, 2.45) is 10.8 Å². The Labute approximate surface area is 176 Å². The maximum absolute atomic E-state index is 12.7. The smallest absolute Gasteiger partial charge is 0.273 e. The predicted molar refractivity (Wildman–Crippen MR) is 111 cm³/mol. The van der Waals surface area contributed by atoms with Gasteiger partial charge in [0.2, 0.25) is 0 Å². The fourth-order valence-corrected chi connectivity index (χ4v) is 4.97. The molecule has 152 valence electrons. The topological polar surface area (TPSA) is 87.9 Å². The third kappa shape index (κ3) is 3.56. The first-order valence-corrected chi connectivity index (χ1v) is 9.83. The maximum Gasteiger partial charge on any atom is 0.273 e. The molecule has 0 spiro atoms. The minimum absolute atomic E-state index is 0.0799. The maximum atomic E-state index is 12.7. The number of hydrogen-bond acceptors (Lipinski definition) is 5. The third-order valence-electron chi connectivity index (χ3n) is 5.86. The van der Waals surface area contributed by atoms with Gasteiger partial charge in [-0.25, -0.2) is 9.97 Å². The van der Waals surface area contributed by atoms with Gasteiger partial charge in [-0.3, -0.25) is 4.79 Å². The van der Waals surface area contributed by atoms with Gasteiger partial charge in [0, 0.05) is 29.3 Å². The van der Waals surface area contributed by atoms with Crippen LogP contribution in [0.15, 0.2) is 24.5 Å². The van der Waals surface area contributed by atoms with Gasteiger partial charge in [-0.05, 0) is 37.1 Å². The molecule has 1 fully saturated rings. The van der Waals surface area contributed by atoms with Crippen LogP contribution in [0, 0.1) is 36.0 Å². The fourth-order valence-electron chi connectivity index (χ4n) is 4.78. The zero-order valence-corrected chi connectivity index (χ0v) is 18.3. The normalized spacial score (nSPS) is 21.6. The Morgan fingerprint density at radius 3 is 2.21 bits per heavy atom. The van der Waals surface area contributed by atoms with Gasteiger partial charge in [0.05, 0.1) is 11.6 Å². The Hall–Kier alpha value is -2.65. The highest BCUT2D eigenvalue weighted by Gasteiger charge is 2.64. The molecule has 3 rings (SSSR count). The van der Waals surface area contributed by atoms with E-state index >= 15 is 0 Å². The molecule has 1 N–H and O–H groups in total. The number of benzene rings is 1. The zero-order chi connectivity index (χ0) is 21.6. The third-order valence-corrected chi connectivity index (χ3v) is 6.13. The largest absolute Gasteiger partial charge is 0.489 e. The van der Waals surface area contributed by atoms with E-state index in [4.69, 9.17) is 16.3 Å². The van der Waals surface area contributed by atoms with E-state index in [2.05, 4.69) is 49.0 Å². The van der Waals surface area contributed by atoms with Crippen molar-refractivity contribution >= 4 is 17.5 Å². The SMILES string of the molecule is Cc1cc(OC2C(C)(C)C(NC(=O)c3nccnc3Cl)C2(C)C)cc(C)c1C#N. The molecular weight excluding hydrogens is 388 g/mol. The standard InChI is InChI=1S/C22H25ClN4O2/c1-12-9-14(10-13(2)15(12)11-24)29-20-21(3,4)19(22(20,5)6)27-18(28)16-17(23)26-8-7-25-16/h7-10,19-20H,1-6H3,(H,27,28). The summed E-state index contributed by atoms with van der Waals surface area (Å²) in [6, 6.07) is 5.86. The van der Waals surface area contributed by atoms with Gasteiger partial charge >= 0.3 is 0 Å². The molecule has 1 aliphatic carbocycles. The second-order valence-corrected chi connectivity index (χ2v) is 9.14. The van der Waals surface area contributed by atoms with Crippen LogP contribution in [0.1, 0.15) is 54.9 Å². The number of carbonyl (C=O) groups excluding carboxylic acids is 1. The lowest BCUT2D eigenvalue weighted by molar-refractivity contribution is -0.164. The van der Waals surface area contributed by atoms with E-state index < -0.39 is 0 Å². The molecule has 1 aromatic carbocycles. The molecule has 0 atom stereocenters. The van der Waals surface area contributed by atoms with E-state index in [-0.39, 0.29) is 39.7 Å². The Kier molecular flexibility index (Phi) is 5.31. The predicted octanol–water partition coefficient (Wildman–Crippen LogP) is 4.23. The second-order valence-electron chi connectivity index (χ2n) is 8.79. The number of rotatable bonds is 4. The van der Waals surface area contributed by atoms with Gasteiger partial charge in [0.25, 0.3) is 5.91 Å². The summed E-state index contributed by atoms with van der Waals surface area (Å²) >= 11 is 6.01. The van der Waals surface area contributed by atoms with Crippen LogP contribution < -0.4 is 10.1 Å². The molecule has 1 amide bonds. The summed E-state index contributed by atoms with van der Waals surface area (Å²) in [5, 5.41) is 12.4. The Morgan fingerprint density at radius 2 is 1.69 bits per heavy atom. The number of ether oxygens (including phenoxy) is 1. The van der Waals surface area contributed by atoms with E-state index in [0.29, 0.717) is 5.56 Å². The van der Waals surface area contributed by atoms with Gasteiger partial charge in [-0.15, -0.1) is 0 Å². The minimum atomic E-state index is -0.349. The van der Waals surface area contributed by atoms with Crippen molar-refractivity contribution in [3.05, 3.63) is 52.1 Å². The van der Waals surface area contributed by atoms with Crippen molar-refractivity contribution in [3.8, 4) is 11.8 Å². The quantitative estimate of drug-likeness (QED) is 0.811. The Bertz CT molecular complexity index is 971. The zero-order valence-electron chi connectivity index (χ0n) is 17.5. The molecule has 29 heavy (non-hydrogen) atoms. The van der Waals surface area contributed by atoms with Crippen LogP contribution in [0.25, 0.3) is 0 Å². The lowest BCUT2D eigenvalue weighted by Crippen LogP contribution is -2.74. The summed E-state index contributed by atoms with van der Waals surface area (Å²) in [6.45, 7) is 12.1. The molecular formula is C22H25ClN4O2. The molecule has 1 aromatic heterocycles. The van der Waals surface area contributed by atoms with Crippen LogP contribution in [0.4, 0.5) is 0 Å². The van der Waals surface area contributed by atoms with E-state index in [9.17, 15) is 10.1 Å². The molecule has 0 bridgehead atoms. The molecule has 2 aromatic rings. The van der Waals surface area contributed by atoms with Crippen molar-refractivity contribution in [1.82, 2.24) is 15.3 Å². The summed E-state index contributed by atoms with van der Waals surface area (Å²) in [7, 11) is 0. The number of nitrogens with zero attached hydrogens (tertiary/aromatic N) is 3. The summed E-state index contributed by atoms with van der Waals surface area (Å²) in [5.74, 6) is 0.379. The molecule has 6 nitrogen and oxygen atoms in total. The number of hydrogen-bond donors (Lipinski definition) is 1. The van der Waals surface area contributed by atoms with Crippen molar-refractivity contribution in [1.29, 1.82) is 5.26 Å². The van der Waals surface area contributed by atoms with Gasteiger partial charge < -0.3 is 10.1 Å². The summed E-state index contributed by atoms with van der Waals surface area (Å²) in [4.78, 5) is 20.7. The van der Waals surface area contributed by atoms with Crippen LogP contribution in [0.2, 0.25) is 5.15 Å². The molecule has 0 saturated heterocycles. The van der Waals surface area contributed by atoms with Crippen molar-refractivity contribution in [2.75, 3.05) is 0 Å². The lowest BCUT2D eigenvalue weighted by atomic mass is 9.49. The summed E-state index contributed by atoms with van der Waals surface area (Å²) in [6.07, 6.45) is 2.76. The van der Waals surface area contributed by atoms with E-state index in [1.807, 2.05) is 26.0 Å². The minimum Gasteiger partial charge on any atom is -0.489 e. The highest BCUT2D eigenvalue weighted by molar-refractivity contribution is 6.32. The Morgan fingerprint density at radius 1 is 1.14 bits per heavy atom. The highest BCUT2D eigenvalue weighted by Crippen LogP contribution is 2.55. The number of aromatic nitrogens is 2. The molecule has 0 unspecified atom stereocenters. The highest BCUT2D eigenvalue weighted by atomic mass is 35.5. The average molecular weight is 413 g/mol. The first-order valence-electron chi connectivity index (χ1n) is 9.45. The second kappa shape index (κ2) is 7.31. The number of halogens is 1. The van der Waals surface area contributed by atoms with Gasteiger partial charge in [0.15, 0.2) is 10.8 Å². The van der Waals surface area contributed by atoms with Crippen LogP contribution in [0.3, 0.4) is 0 Å². The number of carbonyl (C=O) groups is 1. The summed E-state index contributed by atoms with van der Waals surface area (Å²) in [5.41, 5.74) is 1.91. The van der Waals surface area contributed by atoms with Crippen LogP contribution >= 0.6 is 11.6 Å². The number of aryl methyl sites for hydroxylation is 2. The van der Waals surface area contributed by atoms with Crippen molar-refractivity contribution in [2.45, 2.75) is 53.7 Å². The first kappa shape index (κ1) is 21.1. The molecule has 1 aliphatic rings. The van der Waals surface area contributed by atoms with Crippen molar-refractivity contribution < 1.29 is 9.53 Å². The lowest BCUT2D eigenvalue weighted by Gasteiger charge is -2.63. The molecule has 0 aliphatic heterocycles. The van der Waals surface area contributed by atoms with Gasteiger partial charge in [0.1, 0.15) is 11.9 Å². The first-order chi connectivity index (χ1) is 13.5. The Balaban J connectivity index is 1.81. The van der Waals surface area contributed by atoms with Crippen molar-refractivity contribution in [3.63, 3.8) is 0 Å². The average Bonchev–Trinajstić information content (AvgIpc) is 2.63. The number of nitriles is 1. The summed E-state index contributed by atoms with van der Waals surface area (Å²) < 4.78 is 6.37. The monoisotopic (exact) mass is 412 g/mol. The molecule has 1 heterocycles. The van der Waals surface area contributed by atoms with Crippen LogP contribution in [-0.4, -0.2) is 28.0 Å². The fraction of sp³-hybridized carbons (Fsp3) is 0.455. The van der Waals surface area contributed by atoms with Gasteiger partial charge in [-0.1, -0.05) is 39.3 Å². The van der Waals surface area contributed by atoms with E-state index in [1.165, 1.54) is 12.4 Å². The number of nitrogens with one attached hydrogen (secondary N) is 1. The van der Waals surface area contributed by atoms with Crippen LogP contribution in [0.5, 0.6) is 5.75 Å². The van der Waals surface area contributed by atoms with Gasteiger partial charge in [-0.2, -0.15) is 5.26 Å². The molecule has 0 radical (unpaired) electrons. The molecule has 1 saturated carbocycles.